The fourth-order valence-corrected chi connectivity index (χ4v) is 5.54. The summed E-state index contributed by atoms with van der Waals surface area (Å²) in [5.41, 5.74) is 2.28. The van der Waals surface area contributed by atoms with Gasteiger partial charge in [0.2, 0.25) is 0 Å². The molecule has 8 nitrogen and oxygen atoms in total. The molecule has 2 N–H and O–H groups in total. The molecule has 0 spiro atoms. The van der Waals surface area contributed by atoms with Crippen molar-refractivity contribution in [3.05, 3.63) is 52.4 Å². The van der Waals surface area contributed by atoms with Gasteiger partial charge in [-0.25, -0.2) is 0 Å². The van der Waals surface area contributed by atoms with Crippen molar-refractivity contribution in [1.82, 2.24) is 20.6 Å². The molecule has 5 rings (SSSR count). The number of nitrogens with zero attached hydrogens (tertiary/aromatic N) is 3. The Hall–Kier alpha value is -3.46. The number of methoxy groups -OCH3 is 1. The summed E-state index contributed by atoms with van der Waals surface area (Å²) in [6, 6.07) is 12.2. The Morgan fingerprint density at radius 1 is 1.18 bits per heavy atom. The van der Waals surface area contributed by atoms with E-state index < -0.39 is 0 Å². The van der Waals surface area contributed by atoms with Crippen molar-refractivity contribution in [3.63, 3.8) is 0 Å². The minimum atomic E-state index is -0.354. The van der Waals surface area contributed by atoms with Crippen molar-refractivity contribution in [2.75, 3.05) is 12.4 Å². The van der Waals surface area contributed by atoms with Crippen LogP contribution in [-0.2, 0) is 0 Å². The van der Waals surface area contributed by atoms with Crippen LogP contribution in [0.5, 0.6) is 17.2 Å². The fourth-order valence-electron chi connectivity index (χ4n) is 4.43. The van der Waals surface area contributed by atoms with Crippen LogP contribution in [0.4, 0.5) is 5.95 Å². The Morgan fingerprint density at radius 3 is 2.79 bits per heavy atom. The van der Waals surface area contributed by atoms with Crippen LogP contribution in [0.25, 0.3) is 10.1 Å². The van der Waals surface area contributed by atoms with Crippen LogP contribution in [0.3, 0.4) is 0 Å². The van der Waals surface area contributed by atoms with Gasteiger partial charge in [-0.3, -0.25) is 10.1 Å². The molecule has 0 bridgehead atoms. The predicted molar refractivity (Wildman–Crippen MR) is 128 cm³/mol. The Labute approximate surface area is 195 Å². The lowest BCUT2D eigenvalue weighted by Crippen LogP contribution is -2.12. The van der Waals surface area contributed by atoms with Gasteiger partial charge in [0.15, 0.2) is 5.75 Å². The number of fused-ring (bicyclic) bond motifs is 1. The molecule has 1 aliphatic rings. The molecule has 1 saturated carbocycles. The quantitative estimate of drug-likeness (QED) is 0.373. The highest BCUT2D eigenvalue weighted by Gasteiger charge is 2.24. The molecule has 2 aromatic heterocycles. The van der Waals surface area contributed by atoms with Gasteiger partial charge in [0, 0.05) is 10.1 Å². The third kappa shape index (κ3) is 4.41. The van der Waals surface area contributed by atoms with Crippen molar-refractivity contribution in [1.29, 1.82) is 0 Å². The molecule has 0 atom stereocenters. The number of amides is 1. The zero-order valence-corrected chi connectivity index (χ0v) is 19.4. The maximum atomic E-state index is 13.1. The second-order valence-electron chi connectivity index (χ2n) is 8.28. The van der Waals surface area contributed by atoms with E-state index in [-0.39, 0.29) is 11.9 Å². The van der Waals surface area contributed by atoms with E-state index in [9.17, 15) is 4.79 Å². The van der Waals surface area contributed by atoms with E-state index in [2.05, 4.69) is 38.1 Å². The number of anilines is 1. The fraction of sp³-hybridized carbons (Fsp3) is 0.333. The van der Waals surface area contributed by atoms with Gasteiger partial charge >= 0.3 is 0 Å². The first-order valence-electron chi connectivity index (χ1n) is 11.1. The average molecular weight is 464 g/mol. The SMILES string of the molecule is COc1cc2c(Oc3cccc(C4CCCCC4)c3)c(C(=O)Nc3nn[nH]n3)sc2cc1C. The van der Waals surface area contributed by atoms with E-state index in [0.29, 0.717) is 22.3 Å². The first kappa shape index (κ1) is 21.4. The number of hydrogen-bond donors (Lipinski definition) is 2. The molecule has 1 aliphatic carbocycles. The number of aromatic nitrogens is 4. The number of benzene rings is 2. The summed E-state index contributed by atoms with van der Waals surface area (Å²) in [5.74, 6) is 2.27. The summed E-state index contributed by atoms with van der Waals surface area (Å²) in [7, 11) is 1.64. The highest BCUT2D eigenvalue weighted by molar-refractivity contribution is 7.21. The molecule has 0 radical (unpaired) electrons. The van der Waals surface area contributed by atoms with Gasteiger partial charge in [0.05, 0.1) is 7.11 Å². The third-order valence-electron chi connectivity index (χ3n) is 6.09. The molecule has 170 valence electrons. The first-order chi connectivity index (χ1) is 16.1. The summed E-state index contributed by atoms with van der Waals surface area (Å²) < 4.78 is 12.9. The summed E-state index contributed by atoms with van der Waals surface area (Å²) in [5, 5.41) is 17.0. The summed E-state index contributed by atoms with van der Waals surface area (Å²) >= 11 is 1.36. The highest BCUT2D eigenvalue weighted by Crippen LogP contribution is 2.44. The Bertz CT molecular complexity index is 1280. The van der Waals surface area contributed by atoms with Crippen LogP contribution < -0.4 is 14.8 Å². The first-order valence-corrected chi connectivity index (χ1v) is 11.9. The maximum absolute atomic E-state index is 13.1. The molecule has 2 heterocycles. The monoisotopic (exact) mass is 463 g/mol. The van der Waals surface area contributed by atoms with Crippen molar-refractivity contribution in [2.24, 2.45) is 0 Å². The van der Waals surface area contributed by atoms with Crippen LogP contribution in [0.15, 0.2) is 36.4 Å². The lowest BCUT2D eigenvalue weighted by atomic mass is 9.84. The second kappa shape index (κ2) is 9.19. The summed E-state index contributed by atoms with van der Waals surface area (Å²) in [4.78, 5) is 13.5. The lowest BCUT2D eigenvalue weighted by molar-refractivity contribution is 0.102. The molecular weight excluding hydrogens is 438 g/mol. The van der Waals surface area contributed by atoms with Crippen LogP contribution in [-0.4, -0.2) is 33.6 Å². The van der Waals surface area contributed by atoms with E-state index in [0.717, 1.165) is 21.4 Å². The van der Waals surface area contributed by atoms with E-state index in [1.807, 2.05) is 31.2 Å². The van der Waals surface area contributed by atoms with Crippen molar-refractivity contribution in [2.45, 2.75) is 44.9 Å². The zero-order chi connectivity index (χ0) is 22.8. The number of aromatic amines is 1. The van der Waals surface area contributed by atoms with Gasteiger partial charge in [-0.05, 0) is 66.3 Å². The molecule has 4 aromatic rings. The minimum Gasteiger partial charge on any atom is -0.496 e. The number of ether oxygens (including phenoxy) is 2. The van der Waals surface area contributed by atoms with Crippen LogP contribution in [0.1, 0.15) is 58.8 Å². The van der Waals surface area contributed by atoms with E-state index in [4.69, 9.17) is 9.47 Å². The highest BCUT2D eigenvalue weighted by atomic mass is 32.1. The van der Waals surface area contributed by atoms with Crippen LogP contribution >= 0.6 is 11.3 Å². The van der Waals surface area contributed by atoms with Crippen molar-refractivity contribution in [3.8, 4) is 17.2 Å². The topological polar surface area (TPSA) is 102 Å². The Morgan fingerprint density at radius 2 is 2.03 bits per heavy atom. The molecule has 2 aromatic carbocycles. The van der Waals surface area contributed by atoms with E-state index in [1.54, 1.807) is 7.11 Å². The van der Waals surface area contributed by atoms with Gasteiger partial charge in [0.25, 0.3) is 11.9 Å². The minimum absolute atomic E-state index is 0.108. The largest absolute Gasteiger partial charge is 0.496 e. The van der Waals surface area contributed by atoms with Crippen molar-refractivity contribution >= 4 is 33.3 Å². The standard InChI is InChI=1S/C24H25N5O3S/c1-14-11-20-18(13-19(14)31-2)21(22(33-20)23(30)25-24-26-28-29-27-24)32-17-10-6-9-16(12-17)15-7-4-3-5-8-15/h6,9-13,15H,3-5,7-8H2,1-2H3,(H2,25,26,27,28,29,30). The lowest BCUT2D eigenvalue weighted by Gasteiger charge is -2.22. The molecule has 1 amide bonds. The molecule has 1 fully saturated rings. The van der Waals surface area contributed by atoms with Gasteiger partial charge in [-0.1, -0.05) is 36.5 Å². The number of H-pyrrole nitrogens is 1. The molecular formula is C24H25N5O3S. The second-order valence-corrected chi connectivity index (χ2v) is 9.33. The normalized spacial score (nSPS) is 14.4. The van der Waals surface area contributed by atoms with Gasteiger partial charge in [0.1, 0.15) is 16.4 Å². The number of nitrogens with one attached hydrogen (secondary N) is 2. The number of carbonyl (C=O) groups is 1. The smallest absolute Gasteiger partial charge is 0.272 e. The predicted octanol–water partition coefficient (Wildman–Crippen LogP) is 5.82. The molecule has 0 aliphatic heterocycles. The Kier molecular flexibility index (Phi) is 5.95. The van der Waals surface area contributed by atoms with Crippen LogP contribution in [0, 0.1) is 6.92 Å². The molecule has 0 unspecified atom stereocenters. The number of aryl methyl sites for hydroxylation is 1. The number of thiophene rings is 1. The van der Waals surface area contributed by atoms with Crippen LogP contribution in [0.2, 0.25) is 0 Å². The average Bonchev–Trinajstić information content (AvgIpc) is 3.47. The van der Waals surface area contributed by atoms with E-state index >= 15 is 0 Å². The van der Waals surface area contributed by atoms with Gasteiger partial charge in [-0.2, -0.15) is 5.21 Å². The van der Waals surface area contributed by atoms with Gasteiger partial charge < -0.3 is 9.47 Å². The molecule has 9 heteroatoms. The number of tetrazole rings is 1. The van der Waals surface area contributed by atoms with Crippen molar-refractivity contribution < 1.29 is 14.3 Å². The third-order valence-corrected chi connectivity index (χ3v) is 7.22. The Balaban J connectivity index is 1.54. The molecule has 33 heavy (non-hydrogen) atoms. The van der Waals surface area contributed by atoms with E-state index in [1.165, 1.54) is 49.0 Å². The molecule has 0 saturated heterocycles. The number of rotatable bonds is 6. The van der Waals surface area contributed by atoms with Gasteiger partial charge in [-0.15, -0.1) is 16.4 Å². The summed E-state index contributed by atoms with van der Waals surface area (Å²) in [6.45, 7) is 1.98. The number of hydrogen-bond acceptors (Lipinski definition) is 7. The zero-order valence-electron chi connectivity index (χ0n) is 18.6. The summed E-state index contributed by atoms with van der Waals surface area (Å²) in [6.07, 6.45) is 6.27. The maximum Gasteiger partial charge on any atom is 0.272 e. The number of carbonyl (C=O) groups excluding carboxylic acids is 1.